The first-order valence-electron chi connectivity index (χ1n) is 5.95. The maximum absolute atomic E-state index is 10.0. The van der Waals surface area contributed by atoms with Gasteiger partial charge in [0.1, 0.15) is 0 Å². The Balaban J connectivity index is 1.87. The van der Waals surface area contributed by atoms with E-state index in [1.54, 1.807) is 23.9 Å². The maximum atomic E-state index is 10.0. The van der Waals surface area contributed by atoms with Crippen molar-refractivity contribution in [3.05, 3.63) is 64.1 Å². The number of thioether (sulfide) groups is 1. The van der Waals surface area contributed by atoms with E-state index in [-0.39, 0.29) is 0 Å². The zero-order valence-electron chi connectivity index (χ0n) is 10.2. The van der Waals surface area contributed by atoms with Crippen LogP contribution < -0.4 is 0 Å². The summed E-state index contributed by atoms with van der Waals surface area (Å²) in [6.45, 7) is 0. The third-order valence-corrected chi connectivity index (χ3v) is 4.54. The largest absolute Gasteiger partial charge is 0.392 e. The second-order valence-corrected chi connectivity index (χ2v) is 6.14. The molecule has 2 aromatic carbocycles. The van der Waals surface area contributed by atoms with Gasteiger partial charge in [-0.15, -0.1) is 11.8 Å². The lowest BCUT2D eigenvalue weighted by atomic mass is 10.1. The molecule has 0 bridgehead atoms. The Morgan fingerprint density at radius 1 is 1.00 bits per heavy atom. The first-order valence-corrected chi connectivity index (χ1v) is 7.69. The molecule has 0 aromatic heterocycles. The molecule has 1 N–H and O–H groups in total. The van der Waals surface area contributed by atoms with Crippen LogP contribution in [0.5, 0.6) is 0 Å². The van der Waals surface area contributed by atoms with E-state index in [2.05, 4.69) is 0 Å². The molecular formula is C15H14Cl2OS. The van der Waals surface area contributed by atoms with E-state index in [0.717, 1.165) is 10.5 Å². The Labute approximate surface area is 127 Å². The monoisotopic (exact) mass is 312 g/mol. The Hall–Kier alpha value is -0.670. The van der Waals surface area contributed by atoms with Gasteiger partial charge in [0.2, 0.25) is 0 Å². The molecule has 0 aliphatic rings. The third kappa shape index (κ3) is 4.73. The van der Waals surface area contributed by atoms with Gasteiger partial charge in [-0.25, -0.2) is 0 Å². The molecule has 1 unspecified atom stereocenters. The molecule has 19 heavy (non-hydrogen) atoms. The number of hydrogen-bond acceptors (Lipinski definition) is 2. The van der Waals surface area contributed by atoms with Gasteiger partial charge in [0.25, 0.3) is 0 Å². The lowest BCUT2D eigenvalue weighted by molar-refractivity contribution is 0.200. The Bertz CT molecular complexity index is 531. The summed E-state index contributed by atoms with van der Waals surface area (Å²) < 4.78 is 0. The topological polar surface area (TPSA) is 20.2 Å². The molecule has 0 aliphatic carbocycles. The molecule has 4 heteroatoms. The smallest absolute Gasteiger partial charge is 0.0674 e. The molecule has 0 heterocycles. The predicted molar refractivity (Wildman–Crippen MR) is 83.3 cm³/mol. The van der Waals surface area contributed by atoms with E-state index < -0.39 is 6.10 Å². The van der Waals surface area contributed by atoms with Crippen molar-refractivity contribution in [2.24, 2.45) is 0 Å². The summed E-state index contributed by atoms with van der Waals surface area (Å²) in [4.78, 5) is 1.16. The van der Waals surface area contributed by atoms with Crippen molar-refractivity contribution in [2.75, 3.05) is 5.75 Å². The van der Waals surface area contributed by atoms with Crippen LogP contribution in [0.2, 0.25) is 10.0 Å². The second-order valence-electron chi connectivity index (χ2n) is 4.23. The summed E-state index contributed by atoms with van der Waals surface area (Å²) in [6.07, 6.45) is 0.180. The SMILES string of the molecule is OC(CSc1ccccc1)Cc1ccc(Cl)c(Cl)c1. The molecule has 1 atom stereocenters. The lowest BCUT2D eigenvalue weighted by Gasteiger charge is -2.11. The highest BCUT2D eigenvalue weighted by molar-refractivity contribution is 7.99. The van der Waals surface area contributed by atoms with E-state index in [1.807, 2.05) is 36.4 Å². The minimum absolute atomic E-state index is 0.401. The van der Waals surface area contributed by atoms with E-state index >= 15 is 0 Å². The van der Waals surface area contributed by atoms with Crippen LogP contribution in [0.4, 0.5) is 0 Å². The summed E-state index contributed by atoms with van der Waals surface area (Å²) in [5.74, 6) is 0.657. The summed E-state index contributed by atoms with van der Waals surface area (Å²) in [5.41, 5.74) is 0.996. The van der Waals surface area contributed by atoms with Crippen molar-refractivity contribution in [3.63, 3.8) is 0 Å². The number of rotatable bonds is 5. The average Bonchev–Trinajstić information content (AvgIpc) is 2.42. The van der Waals surface area contributed by atoms with Crippen LogP contribution in [0, 0.1) is 0 Å². The van der Waals surface area contributed by atoms with Crippen LogP contribution in [0.1, 0.15) is 5.56 Å². The maximum Gasteiger partial charge on any atom is 0.0674 e. The van der Waals surface area contributed by atoms with Crippen molar-refractivity contribution >= 4 is 35.0 Å². The second kappa shape index (κ2) is 7.20. The van der Waals surface area contributed by atoms with E-state index in [4.69, 9.17) is 23.2 Å². The number of hydrogen-bond donors (Lipinski definition) is 1. The molecular weight excluding hydrogens is 299 g/mol. The third-order valence-electron chi connectivity index (χ3n) is 2.64. The van der Waals surface area contributed by atoms with Gasteiger partial charge >= 0.3 is 0 Å². The van der Waals surface area contributed by atoms with Gasteiger partial charge in [-0.05, 0) is 36.2 Å². The average molecular weight is 313 g/mol. The fourth-order valence-electron chi connectivity index (χ4n) is 1.71. The molecule has 0 fully saturated rings. The fourth-order valence-corrected chi connectivity index (χ4v) is 2.88. The highest BCUT2D eigenvalue weighted by Crippen LogP contribution is 2.24. The molecule has 0 saturated carbocycles. The van der Waals surface area contributed by atoms with Crippen LogP contribution in [0.15, 0.2) is 53.4 Å². The van der Waals surface area contributed by atoms with Crippen molar-refractivity contribution < 1.29 is 5.11 Å². The van der Waals surface area contributed by atoms with E-state index in [9.17, 15) is 5.11 Å². The first-order chi connectivity index (χ1) is 9.15. The standard InChI is InChI=1S/C15H14Cl2OS/c16-14-7-6-11(9-15(14)17)8-12(18)10-19-13-4-2-1-3-5-13/h1-7,9,12,18H,8,10H2. The highest BCUT2D eigenvalue weighted by Gasteiger charge is 2.08. The molecule has 0 spiro atoms. The lowest BCUT2D eigenvalue weighted by Crippen LogP contribution is -2.13. The van der Waals surface area contributed by atoms with Crippen LogP contribution in [0.3, 0.4) is 0 Å². The van der Waals surface area contributed by atoms with Gasteiger partial charge in [0, 0.05) is 10.6 Å². The zero-order chi connectivity index (χ0) is 13.7. The number of aliphatic hydroxyl groups is 1. The molecule has 100 valence electrons. The van der Waals surface area contributed by atoms with Crippen LogP contribution >= 0.6 is 35.0 Å². The molecule has 0 saturated heterocycles. The van der Waals surface area contributed by atoms with Gasteiger partial charge < -0.3 is 5.11 Å². The zero-order valence-corrected chi connectivity index (χ0v) is 12.6. The van der Waals surface area contributed by atoms with Crippen LogP contribution in [-0.4, -0.2) is 17.0 Å². The highest BCUT2D eigenvalue weighted by atomic mass is 35.5. The Morgan fingerprint density at radius 2 is 1.74 bits per heavy atom. The molecule has 0 amide bonds. The number of benzene rings is 2. The van der Waals surface area contributed by atoms with E-state index in [0.29, 0.717) is 22.2 Å². The van der Waals surface area contributed by atoms with Crippen LogP contribution in [0.25, 0.3) is 0 Å². The molecule has 2 rings (SSSR count). The first kappa shape index (κ1) is 14.7. The molecule has 0 radical (unpaired) electrons. The normalized spacial score (nSPS) is 12.4. The van der Waals surface area contributed by atoms with Crippen molar-refractivity contribution in [1.82, 2.24) is 0 Å². The minimum atomic E-state index is -0.401. The quantitative estimate of drug-likeness (QED) is 0.808. The van der Waals surface area contributed by atoms with Crippen LogP contribution in [-0.2, 0) is 6.42 Å². The number of halogens is 2. The van der Waals surface area contributed by atoms with Gasteiger partial charge in [-0.1, -0.05) is 47.5 Å². The van der Waals surface area contributed by atoms with Gasteiger partial charge in [0.05, 0.1) is 16.1 Å². The number of aliphatic hydroxyl groups excluding tert-OH is 1. The van der Waals surface area contributed by atoms with Gasteiger partial charge in [-0.3, -0.25) is 0 Å². The van der Waals surface area contributed by atoms with Crippen molar-refractivity contribution in [1.29, 1.82) is 0 Å². The van der Waals surface area contributed by atoms with Gasteiger partial charge in [-0.2, -0.15) is 0 Å². The summed E-state index contributed by atoms with van der Waals surface area (Å²) >= 11 is 13.5. The van der Waals surface area contributed by atoms with Crippen molar-refractivity contribution in [2.45, 2.75) is 17.4 Å². The van der Waals surface area contributed by atoms with E-state index in [1.165, 1.54) is 0 Å². The molecule has 1 nitrogen and oxygen atoms in total. The van der Waals surface area contributed by atoms with Crippen molar-refractivity contribution in [3.8, 4) is 0 Å². The Kier molecular flexibility index (Phi) is 5.59. The summed E-state index contributed by atoms with van der Waals surface area (Å²) in [7, 11) is 0. The summed E-state index contributed by atoms with van der Waals surface area (Å²) in [5, 5.41) is 11.1. The molecule has 2 aromatic rings. The predicted octanol–water partition coefficient (Wildman–Crippen LogP) is 4.69. The summed E-state index contributed by atoms with van der Waals surface area (Å²) in [6, 6.07) is 15.5. The fraction of sp³-hybridized carbons (Fsp3) is 0.200. The minimum Gasteiger partial charge on any atom is -0.392 e. The van der Waals surface area contributed by atoms with Gasteiger partial charge in [0.15, 0.2) is 0 Å². The molecule has 0 aliphatic heterocycles. The Morgan fingerprint density at radius 3 is 2.42 bits per heavy atom.